The van der Waals surface area contributed by atoms with Crippen LogP contribution in [0, 0.1) is 20.8 Å². The fraction of sp³-hybridized carbons (Fsp3) is 0.273. The van der Waals surface area contributed by atoms with Gasteiger partial charge >= 0.3 is 0 Å². The van der Waals surface area contributed by atoms with E-state index in [1.165, 1.54) is 10.7 Å². The molecule has 0 saturated carbocycles. The minimum Gasteiger partial charge on any atom is -0.497 e. The molecule has 0 aliphatic carbocycles. The molecule has 1 N–H and O–H groups in total. The fourth-order valence-corrected chi connectivity index (χ4v) is 4.44. The van der Waals surface area contributed by atoms with Gasteiger partial charge in [-0.05, 0) is 73.9 Å². The van der Waals surface area contributed by atoms with Crippen LogP contribution in [0.15, 0.2) is 58.2 Å². The molecule has 7 nitrogen and oxygen atoms in total. The number of nitrogens with zero attached hydrogens (tertiary/aromatic N) is 2. The summed E-state index contributed by atoms with van der Waals surface area (Å²) in [6, 6.07) is 13.9. The van der Waals surface area contributed by atoms with Crippen molar-refractivity contribution in [3.05, 3.63) is 75.6 Å². The molecule has 0 spiro atoms. The summed E-state index contributed by atoms with van der Waals surface area (Å²) in [5.41, 5.74) is 3.78. The van der Waals surface area contributed by atoms with E-state index < -0.39 is 10.0 Å². The lowest BCUT2D eigenvalue weighted by molar-refractivity contribution is 0.415. The lowest BCUT2D eigenvalue weighted by atomic mass is 10.1. The molecule has 0 bridgehead atoms. The van der Waals surface area contributed by atoms with Crippen molar-refractivity contribution in [2.24, 2.45) is 0 Å². The molecule has 0 radical (unpaired) electrons. The van der Waals surface area contributed by atoms with Gasteiger partial charge in [0.15, 0.2) is 0 Å². The summed E-state index contributed by atoms with van der Waals surface area (Å²) in [5.74, 6) is 0.725. The van der Waals surface area contributed by atoms with Crippen molar-refractivity contribution < 1.29 is 13.2 Å². The van der Waals surface area contributed by atoms with E-state index in [9.17, 15) is 13.2 Å². The zero-order valence-electron chi connectivity index (χ0n) is 17.5. The maximum atomic E-state index is 12.7. The second kappa shape index (κ2) is 8.81. The average molecular weight is 428 g/mol. The molecule has 1 aromatic heterocycles. The highest BCUT2D eigenvalue weighted by Gasteiger charge is 2.17. The van der Waals surface area contributed by atoms with Crippen molar-refractivity contribution in [1.29, 1.82) is 0 Å². The molecule has 0 atom stereocenters. The van der Waals surface area contributed by atoms with Gasteiger partial charge in [0, 0.05) is 18.2 Å². The van der Waals surface area contributed by atoms with Crippen LogP contribution in [0.4, 0.5) is 0 Å². The van der Waals surface area contributed by atoms with Crippen LogP contribution in [0.25, 0.3) is 11.3 Å². The third-order valence-electron chi connectivity index (χ3n) is 4.95. The number of sulfonamides is 1. The Morgan fingerprint density at radius 3 is 2.30 bits per heavy atom. The number of hydrogen-bond donors (Lipinski definition) is 1. The van der Waals surface area contributed by atoms with Crippen LogP contribution >= 0.6 is 0 Å². The molecule has 2 aromatic carbocycles. The molecule has 0 amide bonds. The summed E-state index contributed by atoms with van der Waals surface area (Å²) in [7, 11) is -2.10. The van der Waals surface area contributed by atoms with E-state index >= 15 is 0 Å². The normalized spacial score (nSPS) is 11.5. The molecular formula is C22H25N3O4S. The minimum absolute atomic E-state index is 0.0493. The topological polar surface area (TPSA) is 90.3 Å². The molecule has 0 fully saturated rings. The lowest BCUT2D eigenvalue weighted by Crippen LogP contribution is -2.32. The van der Waals surface area contributed by atoms with Crippen LogP contribution in [0.2, 0.25) is 0 Å². The molecule has 3 rings (SSSR count). The molecule has 3 aromatic rings. The van der Waals surface area contributed by atoms with Crippen molar-refractivity contribution in [2.45, 2.75) is 32.2 Å². The van der Waals surface area contributed by atoms with Crippen molar-refractivity contribution >= 4 is 10.0 Å². The number of aryl methyl sites for hydroxylation is 3. The quantitative estimate of drug-likeness (QED) is 0.626. The number of ether oxygens (including phenoxy) is 1. The van der Waals surface area contributed by atoms with E-state index in [-0.39, 0.29) is 23.5 Å². The van der Waals surface area contributed by atoms with Crippen LogP contribution in [0.5, 0.6) is 5.75 Å². The summed E-state index contributed by atoms with van der Waals surface area (Å²) in [4.78, 5) is 12.4. The Hall–Kier alpha value is -2.97. The number of rotatable bonds is 7. The first-order valence-electron chi connectivity index (χ1n) is 9.51. The van der Waals surface area contributed by atoms with Crippen LogP contribution < -0.4 is 15.0 Å². The third kappa shape index (κ3) is 4.77. The first-order chi connectivity index (χ1) is 14.2. The van der Waals surface area contributed by atoms with E-state index in [1.807, 2.05) is 44.2 Å². The molecule has 0 aliphatic rings. The second-order valence-electron chi connectivity index (χ2n) is 7.11. The maximum Gasteiger partial charge on any atom is 0.266 e. The van der Waals surface area contributed by atoms with E-state index in [1.54, 1.807) is 26.2 Å². The highest BCUT2D eigenvalue weighted by Crippen LogP contribution is 2.20. The van der Waals surface area contributed by atoms with E-state index in [0.29, 0.717) is 11.3 Å². The van der Waals surface area contributed by atoms with Gasteiger partial charge in [0.2, 0.25) is 10.0 Å². The molecule has 8 heteroatoms. The third-order valence-corrected chi connectivity index (χ3v) is 6.55. The summed E-state index contributed by atoms with van der Waals surface area (Å²) in [5, 5.41) is 4.36. The zero-order chi connectivity index (χ0) is 21.9. The van der Waals surface area contributed by atoms with Gasteiger partial charge in [-0.2, -0.15) is 5.10 Å². The van der Waals surface area contributed by atoms with Crippen molar-refractivity contribution in [3.63, 3.8) is 0 Å². The monoisotopic (exact) mass is 427 g/mol. The first-order valence-corrected chi connectivity index (χ1v) is 11.0. The van der Waals surface area contributed by atoms with Crippen molar-refractivity contribution in [3.8, 4) is 17.0 Å². The van der Waals surface area contributed by atoms with Crippen LogP contribution in [0.1, 0.15) is 16.7 Å². The summed E-state index contributed by atoms with van der Waals surface area (Å²) < 4.78 is 34.4. The molecule has 30 heavy (non-hydrogen) atoms. The molecule has 1 heterocycles. The number of nitrogens with one attached hydrogen (secondary N) is 1. The molecular weight excluding hydrogens is 402 g/mol. The summed E-state index contributed by atoms with van der Waals surface area (Å²) in [6.45, 7) is 5.76. The Bertz CT molecular complexity index is 1220. The number of methoxy groups -OCH3 is 1. The molecule has 0 unspecified atom stereocenters. The number of benzene rings is 2. The smallest absolute Gasteiger partial charge is 0.266 e. The number of hydrogen-bond acceptors (Lipinski definition) is 5. The highest BCUT2D eigenvalue weighted by atomic mass is 32.2. The fourth-order valence-electron chi connectivity index (χ4n) is 3.11. The Morgan fingerprint density at radius 2 is 1.63 bits per heavy atom. The van der Waals surface area contributed by atoms with Crippen LogP contribution in [-0.2, 0) is 16.6 Å². The first kappa shape index (κ1) is 21.7. The van der Waals surface area contributed by atoms with Gasteiger partial charge in [-0.15, -0.1) is 0 Å². The Kier molecular flexibility index (Phi) is 6.38. The number of aromatic nitrogens is 2. The van der Waals surface area contributed by atoms with E-state index in [2.05, 4.69) is 9.82 Å². The molecule has 0 saturated heterocycles. The summed E-state index contributed by atoms with van der Waals surface area (Å²) in [6.07, 6.45) is 0. The Balaban J connectivity index is 1.75. The van der Waals surface area contributed by atoms with Gasteiger partial charge in [0.1, 0.15) is 5.75 Å². The van der Waals surface area contributed by atoms with E-state index in [4.69, 9.17) is 4.74 Å². The van der Waals surface area contributed by atoms with Crippen LogP contribution in [0.3, 0.4) is 0 Å². The van der Waals surface area contributed by atoms with Crippen molar-refractivity contribution in [1.82, 2.24) is 14.5 Å². The van der Waals surface area contributed by atoms with Gasteiger partial charge in [-0.1, -0.05) is 6.07 Å². The van der Waals surface area contributed by atoms with Crippen molar-refractivity contribution in [2.75, 3.05) is 13.7 Å². The molecule has 158 valence electrons. The summed E-state index contributed by atoms with van der Waals surface area (Å²) >= 11 is 0. The van der Waals surface area contributed by atoms with Gasteiger partial charge in [-0.3, -0.25) is 4.79 Å². The largest absolute Gasteiger partial charge is 0.497 e. The van der Waals surface area contributed by atoms with Gasteiger partial charge in [-0.25, -0.2) is 17.8 Å². The maximum absolute atomic E-state index is 12.7. The predicted molar refractivity (Wildman–Crippen MR) is 116 cm³/mol. The average Bonchev–Trinajstić information content (AvgIpc) is 2.72. The van der Waals surface area contributed by atoms with Gasteiger partial charge < -0.3 is 4.74 Å². The lowest BCUT2D eigenvalue weighted by Gasteiger charge is -2.12. The van der Waals surface area contributed by atoms with Crippen LogP contribution in [-0.4, -0.2) is 31.9 Å². The Labute approximate surface area is 176 Å². The Morgan fingerprint density at radius 1 is 0.967 bits per heavy atom. The zero-order valence-corrected chi connectivity index (χ0v) is 18.3. The second-order valence-corrected chi connectivity index (χ2v) is 8.84. The van der Waals surface area contributed by atoms with Gasteiger partial charge in [0.05, 0.1) is 24.2 Å². The minimum atomic E-state index is -3.69. The SMILES string of the molecule is COc1ccc(-c2ccc(=O)n(CCNS(=O)(=O)c3cc(C)c(C)cc3C)n2)cc1. The predicted octanol–water partition coefficient (Wildman–Crippen LogP) is 2.82. The standard InChI is InChI=1S/C22H25N3O4S/c1-15-13-17(3)21(14-16(15)2)30(27,28)23-11-12-25-22(26)10-9-20(24-25)18-5-7-19(29-4)8-6-18/h5-10,13-14,23H,11-12H2,1-4H3. The molecule has 0 aliphatic heterocycles. The highest BCUT2D eigenvalue weighted by molar-refractivity contribution is 7.89. The van der Waals surface area contributed by atoms with E-state index in [0.717, 1.165) is 22.4 Å². The van der Waals surface area contributed by atoms with Gasteiger partial charge in [0.25, 0.3) is 5.56 Å².